The Bertz CT molecular complexity index is 945. The molecule has 0 radical (unpaired) electrons. The predicted octanol–water partition coefficient (Wildman–Crippen LogP) is 3.83. The topological polar surface area (TPSA) is 92.4 Å². The van der Waals surface area contributed by atoms with E-state index in [1.165, 1.54) is 18.3 Å². The van der Waals surface area contributed by atoms with Gasteiger partial charge in [0, 0.05) is 16.9 Å². The Morgan fingerprint density at radius 2 is 1.96 bits per heavy atom. The number of benzene rings is 2. The minimum Gasteiger partial charge on any atom is -0.478 e. The molecule has 0 bridgehead atoms. The van der Waals surface area contributed by atoms with Crippen molar-refractivity contribution in [2.75, 3.05) is 5.32 Å². The van der Waals surface area contributed by atoms with Crippen LogP contribution in [0.15, 0.2) is 53.1 Å². The minimum atomic E-state index is -1.00. The molecular formula is C17H11ClN2O4. The number of rotatable bonds is 5. The van der Waals surface area contributed by atoms with E-state index >= 15 is 0 Å². The number of halogens is 1. The maximum atomic E-state index is 11.3. The number of aldehydes is 1. The highest BCUT2D eigenvalue weighted by atomic mass is 35.5. The van der Waals surface area contributed by atoms with Crippen LogP contribution in [0.25, 0.3) is 16.7 Å². The Morgan fingerprint density at radius 1 is 1.21 bits per heavy atom. The number of hydrogen-bond acceptors (Lipinski definition) is 5. The van der Waals surface area contributed by atoms with E-state index in [9.17, 15) is 9.59 Å². The molecule has 7 heteroatoms. The molecule has 0 aliphatic heterocycles. The van der Waals surface area contributed by atoms with Crippen molar-refractivity contribution in [3.05, 3.63) is 65.1 Å². The smallest absolute Gasteiger partial charge is 0.335 e. The Labute approximate surface area is 141 Å². The molecule has 0 unspecified atom stereocenters. The van der Waals surface area contributed by atoms with Crippen LogP contribution in [0.4, 0.5) is 5.69 Å². The summed E-state index contributed by atoms with van der Waals surface area (Å²) in [6.07, 6.45) is 2.06. The lowest BCUT2D eigenvalue weighted by Gasteiger charge is -2.02. The van der Waals surface area contributed by atoms with Crippen LogP contribution in [0.5, 0.6) is 0 Å². The minimum absolute atomic E-state index is 0.164. The van der Waals surface area contributed by atoms with Gasteiger partial charge in [0.1, 0.15) is 5.52 Å². The summed E-state index contributed by atoms with van der Waals surface area (Å²) in [5, 5.41) is 12.3. The van der Waals surface area contributed by atoms with Gasteiger partial charge in [-0.2, -0.15) is 0 Å². The first kappa shape index (κ1) is 15.8. The summed E-state index contributed by atoms with van der Waals surface area (Å²) in [4.78, 5) is 26.3. The molecule has 0 saturated carbocycles. The van der Waals surface area contributed by atoms with Crippen LogP contribution in [0.2, 0.25) is 5.02 Å². The van der Waals surface area contributed by atoms with Gasteiger partial charge in [-0.05, 0) is 42.5 Å². The van der Waals surface area contributed by atoms with Gasteiger partial charge in [0.15, 0.2) is 11.9 Å². The van der Waals surface area contributed by atoms with Crippen LogP contribution in [0, 0.1) is 0 Å². The number of aromatic nitrogens is 1. The monoisotopic (exact) mass is 342 g/mol. The third-order valence-corrected chi connectivity index (χ3v) is 3.48. The number of nitrogens with zero attached hydrogens (tertiary/aromatic N) is 1. The van der Waals surface area contributed by atoms with Crippen molar-refractivity contribution in [3.8, 4) is 0 Å². The van der Waals surface area contributed by atoms with Crippen LogP contribution in [-0.4, -0.2) is 22.3 Å². The van der Waals surface area contributed by atoms with E-state index in [-0.39, 0.29) is 17.0 Å². The molecule has 0 aliphatic carbocycles. The number of hydrogen-bond donors (Lipinski definition) is 2. The molecule has 0 amide bonds. The fourth-order valence-electron chi connectivity index (χ4n) is 2.04. The highest BCUT2D eigenvalue weighted by Gasteiger charge is 2.11. The Kier molecular flexibility index (Phi) is 4.31. The van der Waals surface area contributed by atoms with Gasteiger partial charge in [0.25, 0.3) is 0 Å². The highest BCUT2D eigenvalue weighted by molar-refractivity contribution is 6.31. The average Bonchev–Trinajstić information content (AvgIpc) is 2.98. The van der Waals surface area contributed by atoms with Gasteiger partial charge in [-0.1, -0.05) is 11.6 Å². The summed E-state index contributed by atoms with van der Waals surface area (Å²) in [5.41, 5.74) is 2.09. The van der Waals surface area contributed by atoms with Crippen LogP contribution in [-0.2, 0) is 4.79 Å². The van der Waals surface area contributed by atoms with Crippen molar-refractivity contribution in [3.63, 3.8) is 0 Å². The summed E-state index contributed by atoms with van der Waals surface area (Å²) in [5.74, 6) is -0.840. The molecule has 3 aromatic rings. The van der Waals surface area contributed by atoms with E-state index in [4.69, 9.17) is 21.1 Å². The van der Waals surface area contributed by atoms with Gasteiger partial charge in [-0.3, -0.25) is 4.79 Å². The van der Waals surface area contributed by atoms with Crippen LogP contribution in [0.1, 0.15) is 16.2 Å². The van der Waals surface area contributed by atoms with Crippen molar-refractivity contribution < 1.29 is 19.1 Å². The number of anilines is 1. The molecule has 120 valence electrons. The zero-order valence-electron chi connectivity index (χ0n) is 12.2. The van der Waals surface area contributed by atoms with Gasteiger partial charge in [-0.15, -0.1) is 0 Å². The second-order valence-electron chi connectivity index (χ2n) is 4.88. The molecular weight excluding hydrogens is 332 g/mol. The van der Waals surface area contributed by atoms with E-state index in [0.717, 1.165) is 0 Å². The molecule has 0 fully saturated rings. The number of aromatic carboxylic acids is 1. The zero-order chi connectivity index (χ0) is 17.1. The van der Waals surface area contributed by atoms with Crippen LogP contribution in [0.3, 0.4) is 0 Å². The van der Waals surface area contributed by atoms with Crippen LogP contribution >= 0.6 is 11.6 Å². The molecule has 1 aromatic heterocycles. The van der Waals surface area contributed by atoms with Crippen LogP contribution < -0.4 is 5.32 Å². The van der Waals surface area contributed by atoms with Gasteiger partial charge < -0.3 is 14.8 Å². The molecule has 0 atom stereocenters. The van der Waals surface area contributed by atoms with Gasteiger partial charge in [0.2, 0.25) is 5.89 Å². The van der Waals surface area contributed by atoms with Gasteiger partial charge in [-0.25, -0.2) is 9.78 Å². The van der Waals surface area contributed by atoms with Crippen molar-refractivity contribution >= 4 is 46.2 Å². The average molecular weight is 343 g/mol. The predicted molar refractivity (Wildman–Crippen MR) is 90.1 cm³/mol. The number of oxazole rings is 1. The standard InChI is InChI=1S/C17H11ClN2O4/c18-12-3-6-15-14(7-12)20-16(24-15)11(9-21)8-19-13-4-1-10(2-5-13)17(22)23/h1-9,19H,(H,22,23). The lowest BCUT2D eigenvalue weighted by atomic mass is 10.2. The van der Waals surface area contributed by atoms with Crippen molar-refractivity contribution in [1.29, 1.82) is 0 Å². The van der Waals surface area contributed by atoms with Gasteiger partial charge in [0.05, 0.1) is 11.1 Å². The summed E-state index contributed by atoms with van der Waals surface area (Å²) >= 11 is 5.90. The number of nitrogens with one attached hydrogen (secondary N) is 1. The lowest BCUT2D eigenvalue weighted by Crippen LogP contribution is -1.97. The summed E-state index contributed by atoms with van der Waals surface area (Å²) in [7, 11) is 0. The molecule has 0 aliphatic rings. The van der Waals surface area contributed by atoms with E-state index < -0.39 is 5.97 Å². The first-order valence-corrected chi connectivity index (χ1v) is 7.26. The third-order valence-electron chi connectivity index (χ3n) is 3.25. The van der Waals surface area contributed by atoms with E-state index in [2.05, 4.69) is 10.3 Å². The number of allylic oxidation sites excluding steroid dienone is 1. The second kappa shape index (κ2) is 6.55. The molecule has 6 nitrogen and oxygen atoms in total. The largest absolute Gasteiger partial charge is 0.478 e. The highest BCUT2D eigenvalue weighted by Crippen LogP contribution is 2.23. The number of carboxylic acids is 1. The summed E-state index contributed by atoms with van der Waals surface area (Å²) in [6.45, 7) is 0. The molecule has 2 N–H and O–H groups in total. The van der Waals surface area contributed by atoms with E-state index in [1.807, 2.05) is 0 Å². The number of carbonyl (C=O) groups is 2. The Morgan fingerprint density at radius 3 is 2.62 bits per heavy atom. The van der Waals surface area contributed by atoms with Crippen molar-refractivity contribution in [2.45, 2.75) is 0 Å². The molecule has 24 heavy (non-hydrogen) atoms. The fourth-order valence-corrected chi connectivity index (χ4v) is 2.21. The second-order valence-corrected chi connectivity index (χ2v) is 5.31. The summed E-state index contributed by atoms with van der Waals surface area (Å²) in [6, 6.07) is 11.1. The summed E-state index contributed by atoms with van der Waals surface area (Å²) < 4.78 is 5.53. The van der Waals surface area contributed by atoms with Crippen molar-refractivity contribution in [1.82, 2.24) is 4.98 Å². The maximum Gasteiger partial charge on any atom is 0.335 e. The molecule has 0 spiro atoms. The number of carboxylic acid groups (broad SMARTS) is 1. The van der Waals surface area contributed by atoms with E-state index in [1.54, 1.807) is 30.3 Å². The van der Waals surface area contributed by atoms with E-state index in [0.29, 0.717) is 28.1 Å². The molecule has 1 heterocycles. The molecule has 3 rings (SSSR count). The van der Waals surface area contributed by atoms with Gasteiger partial charge >= 0.3 is 5.97 Å². The first-order chi connectivity index (χ1) is 11.6. The quantitative estimate of drug-likeness (QED) is 0.540. The Balaban J connectivity index is 1.85. The normalized spacial score (nSPS) is 11.5. The number of carbonyl (C=O) groups excluding carboxylic acids is 1. The molecule has 2 aromatic carbocycles. The SMILES string of the molecule is O=CC(=CNc1ccc(C(=O)O)cc1)c1nc2cc(Cl)ccc2o1. The fraction of sp³-hybridized carbons (Fsp3) is 0. The number of fused-ring (bicyclic) bond motifs is 1. The lowest BCUT2D eigenvalue weighted by molar-refractivity contribution is -0.103. The maximum absolute atomic E-state index is 11.3. The third kappa shape index (κ3) is 3.28. The zero-order valence-corrected chi connectivity index (χ0v) is 12.9. The van der Waals surface area contributed by atoms with Crippen molar-refractivity contribution in [2.24, 2.45) is 0 Å². The molecule has 0 saturated heterocycles. The Hall–Kier alpha value is -3.12. The first-order valence-electron chi connectivity index (χ1n) is 6.88.